The van der Waals surface area contributed by atoms with Crippen molar-refractivity contribution in [1.82, 2.24) is 15.3 Å². The van der Waals surface area contributed by atoms with Gasteiger partial charge in [-0.3, -0.25) is 9.78 Å². The normalized spacial score (nSPS) is 9.40. The zero-order valence-corrected chi connectivity index (χ0v) is 18.0. The fourth-order valence-electron chi connectivity index (χ4n) is 2.25. The van der Waals surface area contributed by atoms with Gasteiger partial charge >= 0.3 is 0 Å². The molecule has 3 rings (SSSR count). The first-order valence-corrected chi connectivity index (χ1v) is 10.3. The van der Waals surface area contributed by atoms with Crippen LogP contribution in [0.25, 0.3) is 11.3 Å². The number of hydrogen-bond donors (Lipinski definition) is 2. The fraction of sp³-hybridized carbons (Fsp3) is 0.125. The van der Waals surface area contributed by atoms with E-state index < -0.39 is 0 Å². The highest BCUT2D eigenvalue weighted by atomic mass is 32.1. The molecule has 5 nitrogen and oxygen atoms in total. The molecule has 0 aliphatic heterocycles. The van der Waals surface area contributed by atoms with Crippen LogP contribution < -0.4 is 11.1 Å². The van der Waals surface area contributed by atoms with Gasteiger partial charge in [0.1, 0.15) is 4.88 Å². The molecular weight excluding hydrogens is 392 g/mol. The van der Waals surface area contributed by atoms with Crippen molar-refractivity contribution in [3.63, 3.8) is 0 Å². The monoisotopic (exact) mass is 418 g/mol. The Kier molecular flexibility index (Phi) is 9.76. The van der Waals surface area contributed by atoms with E-state index in [9.17, 15) is 4.79 Å². The highest BCUT2D eigenvalue weighted by molar-refractivity contribution is 7.11. The zero-order chi connectivity index (χ0) is 21.6. The third kappa shape index (κ3) is 8.24. The van der Waals surface area contributed by atoms with Gasteiger partial charge in [-0.25, -0.2) is 4.98 Å². The van der Waals surface area contributed by atoms with Crippen molar-refractivity contribution in [2.24, 2.45) is 0 Å². The average Bonchev–Trinajstić information content (AvgIpc) is 2.86. The number of benzene rings is 1. The number of pyridine rings is 1. The lowest BCUT2D eigenvalue weighted by atomic mass is 10.2. The summed E-state index contributed by atoms with van der Waals surface area (Å²) >= 11 is 1.20. The summed E-state index contributed by atoms with van der Waals surface area (Å²) in [6.45, 7) is 4.43. The summed E-state index contributed by atoms with van der Waals surface area (Å²) in [5.41, 5.74) is 10.9. The van der Waals surface area contributed by atoms with Gasteiger partial charge in [0.15, 0.2) is 0 Å². The number of allylic oxidation sites excluding steroid dienone is 1. The van der Waals surface area contributed by atoms with Crippen LogP contribution in [0.2, 0.25) is 0 Å². The maximum atomic E-state index is 12.3. The molecular formula is C24H26N4OS. The van der Waals surface area contributed by atoms with Gasteiger partial charge in [0, 0.05) is 24.5 Å². The van der Waals surface area contributed by atoms with Gasteiger partial charge in [-0.2, -0.15) is 0 Å². The molecule has 154 valence electrons. The first-order valence-electron chi connectivity index (χ1n) is 9.47. The van der Waals surface area contributed by atoms with Crippen molar-refractivity contribution >= 4 is 22.9 Å². The molecule has 0 atom stereocenters. The van der Waals surface area contributed by atoms with Crippen LogP contribution in [0.3, 0.4) is 0 Å². The van der Waals surface area contributed by atoms with Gasteiger partial charge < -0.3 is 11.1 Å². The second-order valence-electron chi connectivity index (χ2n) is 6.44. The molecule has 0 bridgehead atoms. The molecule has 0 fully saturated rings. The van der Waals surface area contributed by atoms with Gasteiger partial charge in [-0.05, 0) is 38.1 Å². The minimum absolute atomic E-state index is 0.212. The molecule has 1 amide bonds. The third-order valence-electron chi connectivity index (χ3n) is 3.76. The molecule has 30 heavy (non-hydrogen) atoms. The van der Waals surface area contributed by atoms with Crippen LogP contribution in [-0.4, -0.2) is 22.4 Å². The second-order valence-corrected chi connectivity index (χ2v) is 7.29. The Labute approximate surface area is 181 Å². The van der Waals surface area contributed by atoms with Crippen molar-refractivity contribution in [1.29, 1.82) is 0 Å². The van der Waals surface area contributed by atoms with E-state index in [-0.39, 0.29) is 5.91 Å². The quantitative estimate of drug-likeness (QED) is 0.564. The number of anilines is 1. The molecule has 0 spiro atoms. The SMILES string of the molecule is CC(C)=CCNC(=O)c1scnc(-c2cccnc2)cccc1N.c1ccccc1. The Morgan fingerprint density at radius 1 is 1.03 bits per heavy atom. The van der Waals surface area contributed by atoms with Gasteiger partial charge in [-0.15, -0.1) is 11.3 Å². The lowest BCUT2D eigenvalue weighted by Crippen LogP contribution is -2.23. The van der Waals surface area contributed by atoms with E-state index in [1.807, 2.05) is 74.5 Å². The van der Waals surface area contributed by atoms with Gasteiger partial charge in [-0.1, -0.05) is 54.1 Å². The van der Waals surface area contributed by atoms with E-state index in [1.165, 1.54) is 11.3 Å². The fourth-order valence-corrected chi connectivity index (χ4v) is 2.90. The number of rotatable bonds is 4. The number of carbonyl (C=O) groups excluding carboxylic acids is 1. The van der Waals surface area contributed by atoms with Crippen molar-refractivity contribution < 1.29 is 4.79 Å². The van der Waals surface area contributed by atoms with Gasteiger partial charge in [0.2, 0.25) is 0 Å². The number of nitrogens with two attached hydrogens (primary N) is 1. The molecule has 3 N–H and O–H groups in total. The van der Waals surface area contributed by atoms with Crippen molar-refractivity contribution in [2.45, 2.75) is 13.8 Å². The molecule has 6 heteroatoms. The molecule has 0 aliphatic rings. The largest absolute Gasteiger partial charge is 0.397 e. The second kappa shape index (κ2) is 12.9. The Hall–Kier alpha value is -3.51. The van der Waals surface area contributed by atoms with E-state index in [1.54, 1.807) is 30.0 Å². The van der Waals surface area contributed by atoms with Crippen LogP contribution in [0.15, 0.2) is 96.3 Å². The minimum Gasteiger partial charge on any atom is -0.397 e. The number of aromatic nitrogens is 2. The Morgan fingerprint density at radius 2 is 1.73 bits per heavy atom. The van der Waals surface area contributed by atoms with Crippen molar-refractivity contribution in [3.05, 3.63) is 101 Å². The van der Waals surface area contributed by atoms with E-state index in [0.29, 0.717) is 17.1 Å². The molecule has 0 saturated heterocycles. The summed E-state index contributed by atoms with van der Waals surface area (Å²) in [7, 11) is 0. The molecule has 2 aromatic heterocycles. The smallest absolute Gasteiger partial charge is 0.263 e. The van der Waals surface area contributed by atoms with Crippen LogP contribution in [-0.2, 0) is 0 Å². The van der Waals surface area contributed by atoms with E-state index >= 15 is 0 Å². The molecule has 0 aliphatic carbocycles. The highest BCUT2D eigenvalue weighted by Gasteiger charge is 2.07. The number of nitrogens with one attached hydrogen (secondary N) is 1. The Bertz CT molecular complexity index is 969. The maximum absolute atomic E-state index is 12.3. The predicted octanol–water partition coefficient (Wildman–Crippen LogP) is 5.29. The summed E-state index contributed by atoms with van der Waals surface area (Å²) < 4.78 is 0. The molecule has 2 heterocycles. The maximum Gasteiger partial charge on any atom is 0.263 e. The number of nitrogens with zero attached hydrogens (tertiary/aromatic N) is 2. The van der Waals surface area contributed by atoms with Crippen LogP contribution >= 0.6 is 11.3 Å². The molecule has 0 saturated carbocycles. The molecule has 0 radical (unpaired) electrons. The Balaban J connectivity index is 0.000000456. The van der Waals surface area contributed by atoms with Crippen LogP contribution in [0.4, 0.5) is 5.69 Å². The van der Waals surface area contributed by atoms with E-state index in [2.05, 4.69) is 15.3 Å². The average molecular weight is 419 g/mol. The molecule has 0 unspecified atom stereocenters. The van der Waals surface area contributed by atoms with Gasteiger partial charge in [0.25, 0.3) is 5.91 Å². The zero-order valence-electron chi connectivity index (χ0n) is 17.2. The Morgan fingerprint density at radius 3 is 2.33 bits per heavy atom. The summed E-state index contributed by atoms with van der Waals surface area (Å²) in [6, 6.07) is 21.1. The van der Waals surface area contributed by atoms with E-state index in [4.69, 9.17) is 5.73 Å². The minimum atomic E-state index is -0.212. The van der Waals surface area contributed by atoms with Crippen LogP contribution in [0, 0.1) is 0 Å². The van der Waals surface area contributed by atoms with E-state index in [0.717, 1.165) is 16.8 Å². The lowest BCUT2D eigenvalue weighted by molar-refractivity contribution is 0.0962. The summed E-state index contributed by atoms with van der Waals surface area (Å²) in [5.74, 6) is -0.212. The summed E-state index contributed by atoms with van der Waals surface area (Å²) in [4.78, 5) is 21.2. The first kappa shape index (κ1) is 22.8. The standard InChI is InChI=1S/C18H20N4OS.C6H6/c1-13(2)8-10-21-18(23)17-15(19)6-3-7-16(22-12-24-17)14-5-4-9-20-11-14;1-2-4-6-5-3-1/h3-9,11-12H,10,19H2,1-2H3,(H,21,23);1-6H. The number of hydrogen-bond acceptors (Lipinski definition) is 5. The highest BCUT2D eigenvalue weighted by Crippen LogP contribution is 2.17. The lowest BCUT2D eigenvalue weighted by Gasteiger charge is -2.02. The summed E-state index contributed by atoms with van der Waals surface area (Å²) in [5, 5.41) is 2.83. The van der Waals surface area contributed by atoms with Crippen LogP contribution in [0.1, 0.15) is 23.5 Å². The number of carbonyl (C=O) groups is 1. The number of amides is 1. The predicted molar refractivity (Wildman–Crippen MR) is 126 cm³/mol. The topological polar surface area (TPSA) is 80.9 Å². The van der Waals surface area contributed by atoms with Crippen molar-refractivity contribution in [3.8, 4) is 11.3 Å². The van der Waals surface area contributed by atoms with Gasteiger partial charge in [0.05, 0.1) is 16.9 Å². The first-order chi connectivity index (χ1) is 14.6. The third-order valence-corrected chi connectivity index (χ3v) is 4.63. The summed E-state index contributed by atoms with van der Waals surface area (Å²) in [6.07, 6.45) is 5.39. The molecule has 1 aromatic carbocycles. The molecule has 3 aromatic rings. The van der Waals surface area contributed by atoms with Crippen molar-refractivity contribution in [2.75, 3.05) is 12.3 Å². The van der Waals surface area contributed by atoms with Crippen LogP contribution in [0.5, 0.6) is 0 Å². The number of nitrogen functional groups attached to an aromatic ring is 1.